The van der Waals surface area contributed by atoms with Crippen LogP contribution in [0.2, 0.25) is 0 Å². The average molecular weight is 203 g/mol. The van der Waals surface area contributed by atoms with Gasteiger partial charge < -0.3 is 5.73 Å². The molecule has 1 aromatic heterocycles. The van der Waals surface area contributed by atoms with Gasteiger partial charge in [0, 0.05) is 10.8 Å². The van der Waals surface area contributed by atoms with Gasteiger partial charge in [-0.05, 0) is 34.5 Å². The fourth-order valence-electron chi connectivity index (χ4n) is 1.33. The lowest BCUT2D eigenvalue weighted by molar-refractivity contribution is -0.113. The largest absolute Gasteiger partial charge is 0.366 e. The fraction of sp³-hybridized carbons (Fsp3) is 0. The zero-order valence-electron chi connectivity index (χ0n) is 7.44. The van der Waals surface area contributed by atoms with Gasteiger partial charge >= 0.3 is 0 Å². The molecule has 0 saturated heterocycles. The van der Waals surface area contributed by atoms with E-state index in [1.165, 1.54) is 10.8 Å². The van der Waals surface area contributed by atoms with Crippen LogP contribution in [0.5, 0.6) is 0 Å². The SMILES string of the molecule is NC(=O)C=Cc1cccc2sccc12. The van der Waals surface area contributed by atoms with Crippen molar-refractivity contribution >= 4 is 33.4 Å². The van der Waals surface area contributed by atoms with Crippen molar-refractivity contribution in [3.8, 4) is 0 Å². The summed E-state index contributed by atoms with van der Waals surface area (Å²) in [5.74, 6) is -0.419. The number of rotatable bonds is 2. The molecule has 2 N–H and O–H groups in total. The van der Waals surface area contributed by atoms with Crippen LogP contribution in [0, 0.1) is 0 Å². The van der Waals surface area contributed by atoms with E-state index in [4.69, 9.17) is 5.73 Å². The number of fused-ring (bicyclic) bond motifs is 1. The molecule has 0 bridgehead atoms. The first-order chi connectivity index (χ1) is 6.77. The molecule has 0 radical (unpaired) electrons. The number of hydrogen-bond acceptors (Lipinski definition) is 2. The molecule has 0 atom stereocenters. The highest BCUT2D eigenvalue weighted by molar-refractivity contribution is 7.17. The number of carbonyl (C=O) groups is 1. The number of carbonyl (C=O) groups excluding carboxylic acids is 1. The Kier molecular flexibility index (Phi) is 2.33. The van der Waals surface area contributed by atoms with Crippen LogP contribution in [0.25, 0.3) is 16.2 Å². The molecule has 1 heterocycles. The first-order valence-corrected chi connectivity index (χ1v) is 5.09. The van der Waals surface area contributed by atoms with Gasteiger partial charge in [0.15, 0.2) is 0 Å². The van der Waals surface area contributed by atoms with Gasteiger partial charge in [-0.2, -0.15) is 0 Å². The van der Waals surface area contributed by atoms with E-state index >= 15 is 0 Å². The second-order valence-electron chi connectivity index (χ2n) is 2.92. The van der Waals surface area contributed by atoms with Crippen molar-refractivity contribution in [2.45, 2.75) is 0 Å². The highest BCUT2D eigenvalue weighted by Gasteiger charge is 1.98. The number of nitrogens with two attached hydrogens (primary N) is 1. The standard InChI is InChI=1S/C11H9NOS/c12-11(13)5-4-8-2-1-3-10-9(8)6-7-14-10/h1-7H,(H2,12,13). The molecule has 0 aliphatic rings. The van der Waals surface area contributed by atoms with E-state index in [1.54, 1.807) is 17.4 Å². The molecule has 1 amide bonds. The number of thiophene rings is 1. The van der Waals surface area contributed by atoms with Gasteiger partial charge in [0.25, 0.3) is 0 Å². The Morgan fingerprint density at radius 2 is 2.21 bits per heavy atom. The van der Waals surface area contributed by atoms with E-state index in [-0.39, 0.29) is 0 Å². The Labute approximate surface area is 85.7 Å². The Balaban J connectivity index is 2.51. The topological polar surface area (TPSA) is 43.1 Å². The molecule has 2 nitrogen and oxygen atoms in total. The lowest BCUT2D eigenvalue weighted by Gasteiger charge is -1.94. The third-order valence-corrected chi connectivity index (χ3v) is 2.84. The highest BCUT2D eigenvalue weighted by Crippen LogP contribution is 2.24. The van der Waals surface area contributed by atoms with Crippen molar-refractivity contribution in [3.05, 3.63) is 41.3 Å². The summed E-state index contributed by atoms with van der Waals surface area (Å²) in [4.78, 5) is 10.6. The van der Waals surface area contributed by atoms with Crippen molar-refractivity contribution in [2.24, 2.45) is 5.73 Å². The fourth-order valence-corrected chi connectivity index (χ4v) is 2.16. The third kappa shape index (κ3) is 1.67. The molecular weight excluding hydrogens is 194 g/mol. The van der Waals surface area contributed by atoms with Crippen LogP contribution >= 0.6 is 11.3 Å². The summed E-state index contributed by atoms with van der Waals surface area (Å²) in [6.45, 7) is 0. The molecule has 0 spiro atoms. The van der Waals surface area contributed by atoms with Gasteiger partial charge in [0.1, 0.15) is 0 Å². The lowest BCUT2D eigenvalue weighted by Crippen LogP contribution is -2.05. The summed E-state index contributed by atoms with van der Waals surface area (Å²) in [5, 5.41) is 3.20. The maximum Gasteiger partial charge on any atom is 0.241 e. The van der Waals surface area contributed by atoms with E-state index in [0.29, 0.717) is 0 Å². The van der Waals surface area contributed by atoms with Gasteiger partial charge in [-0.3, -0.25) is 4.79 Å². The van der Waals surface area contributed by atoms with E-state index in [9.17, 15) is 4.79 Å². The minimum Gasteiger partial charge on any atom is -0.366 e. The number of benzene rings is 1. The summed E-state index contributed by atoms with van der Waals surface area (Å²) in [7, 11) is 0. The molecule has 0 saturated carbocycles. The van der Waals surface area contributed by atoms with Crippen LogP contribution in [0.15, 0.2) is 35.7 Å². The molecule has 0 fully saturated rings. The number of amides is 1. The molecule has 14 heavy (non-hydrogen) atoms. The number of primary amides is 1. The monoisotopic (exact) mass is 203 g/mol. The van der Waals surface area contributed by atoms with Crippen LogP contribution < -0.4 is 5.73 Å². The molecular formula is C11H9NOS. The summed E-state index contributed by atoms with van der Waals surface area (Å²) >= 11 is 1.69. The Morgan fingerprint density at radius 3 is 3.00 bits per heavy atom. The Bertz CT molecular complexity index is 499. The van der Waals surface area contributed by atoms with E-state index in [1.807, 2.05) is 23.6 Å². The van der Waals surface area contributed by atoms with Crippen LogP contribution in [-0.4, -0.2) is 5.91 Å². The number of hydrogen-bond donors (Lipinski definition) is 1. The predicted octanol–water partition coefficient (Wildman–Crippen LogP) is 2.40. The van der Waals surface area contributed by atoms with Crippen LogP contribution in [0.4, 0.5) is 0 Å². The van der Waals surface area contributed by atoms with E-state index in [0.717, 1.165) is 10.9 Å². The smallest absolute Gasteiger partial charge is 0.241 e. The summed E-state index contributed by atoms with van der Waals surface area (Å²) in [5.41, 5.74) is 6.07. The van der Waals surface area contributed by atoms with E-state index in [2.05, 4.69) is 6.07 Å². The first-order valence-electron chi connectivity index (χ1n) is 4.21. The molecule has 3 heteroatoms. The maximum absolute atomic E-state index is 10.6. The zero-order chi connectivity index (χ0) is 9.97. The quantitative estimate of drug-likeness (QED) is 0.748. The summed E-state index contributed by atoms with van der Waals surface area (Å²) in [6.07, 6.45) is 3.13. The minimum absolute atomic E-state index is 0.419. The normalized spacial score (nSPS) is 11.1. The maximum atomic E-state index is 10.6. The van der Waals surface area contributed by atoms with Gasteiger partial charge in [-0.15, -0.1) is 11.3 Å². The molecule has 0 unspecified atom stereocenters. The first kappa shape index (κ1) is 8.97. The van der Waals surface area contributed by atoms with Gasteiger partial charge in [-0.1, -0.05) is 12.1 Å². The Hall–Kier alpha value is -1.61. The molecule has 0 aliphatic carbocycles. The highest BCUT2D eigenvalue weighted by atomic mass is 32.1. The van der Waals surface area contributed by atoms with Crippen molar-refractivity contribution in [1.82, 2.24) is 0 Å². The van der Waals surface area contributed by atoms with Gasteiger partial charge in [0.2, 0.25) is 5.91 Å². The molecule has 2 aromatic rings. The predicted molar refractivity (Wildman–Crippen MR) is 60.1 cm³/mol. The van der Waals surface area contributed by atoms with Gasteiger partial charge in [-0.25, -0.2) is 0 Å². The molecule has 70 valence electrons. The van der Waals surface area contributed by atoms with Crippen molar-refractivity contribution in [1.29, 1.82) is 0 Å². The third-order valence-electron chi connectivity index (χ3n) is 1.96. The lowest BCUT2D eigenvalue weighted by atomic mass is 10.1. The van der Waals surface area contributed by atoms with Crippen LogP contribution in [0.1, 0.15) is 5.56 Å². The van der Waals surface area contributed by atoms with Crippen molar-refractivity contribution in [3.63, 3.8) is 0 Å². The van der Waals surface area contributed by atoms with Crippen molar-refractivity contribution in [2.75, 3.05) is 0 Å². The summed E-state index contributed by atoms with van der Waals surface area (Å²) in [6, 6.07) is 8.04. The minimum atomic E-state index is -0.419. The Morgan fingerprint density at radius 1 is 1.36 bits per heavy atom. The van der Waals surface area contributed by atoms with Crippen molar-refractivity contribution < 1.29 is 4.79 Å². The molecule has 2 rings (SSSR count). The second kappa shape index (κ2) is 3.64. The second-order valence-corrected chi connectivity index (χ2v) is 3.86. The zero-order valence-corrected chi connectivity index (χ0v) is 8.25. The van der Waals surface area contributed by atoms with Gasteiger partial charge in [0.05, 0.1) is 0 Å². The average Bonchev–Trinajstić information content (AvgIpc) is 2.62. The van der Waals surface area contributed by atoms with Crippen LogP contribution in [0.3, 0.4) is 0 Å². The summed E-state index contributed by atoms with van der Waals surface area (Å²) < 4.78 is 1.22. The van der Waals surface area contributed by atoms with Crippen LogP contribution in [-0.2, 0) is 4.79 Å². The molecule has 0 aliphatic heterocycles. The van der Waals surface area contributed by atoms with E-state index < -0.39 is 5.91 Å². The molecule has 1 aromatic carbocycles.